The number of nitrogens with one attached hydrogen (secondary N) is 1. The van der Waals surface area contributed by atoms with Crippen molar-refractivity contribution in [1.29, 1.82) is 0 Å². The van der Waals surface area contributed by atoms with E-state index in [-0.39, 0.29) is 0 Å². The molecule has 1 heterocycles. The van der Waals surface area contributed by atoms with Crippen LogP contribution in [-0.4, -0.2) is 16.5 Å². The Kier molecular flexibility index (Phi) is 4.15. The van der Waals surface area contributed by atoms with Crippen molar-refractivity contribution in [2.45, 2.75) is 34.1 Å². The van der Waals surface area contributed by atoms with Gasteiger partial charge in [-0.25, -0.2) is 9.97 Å². The third-order valence-corrected chi connectivity index (χ3v) is 3.09. The minimum Gasteiger partial charge on any atom is -0.370 e. The lowest BCUT2D eigenvalue weighted by Crippen LogP contribution is -2.07. The lowest BCUT2D eigenvalue weighted by Gasteiger charge is -2.13. The standard InChI is InChI=1S/C16H21N3/c1-5-9-17-16-12(3)15(18-13(4)19-16)14-8-6-7-11(2)10-14/h6-8,10H,5,9H2,1-4H3,(H,17,18,19). The normalized spacial score (nSPS) is 10.5. The second kappa shape index (κ2) is 5.83. The number of aryl methyl sites for hydroxylation is 2. The van der Waals surface area contributed by atoms with Gasteiger partial charge in [-0.1, -0.05) is 30.7 Å². The summed E-state index contributed by atoms with van der Waals surface area (Å²) in [5.41, 5.74) is 4.54. The van der Waals surface area contributed by atoms with Crippen LogP contribution in [0.15, 0.2) is 24.3 Å². The Morgan fingerprint density at radius 2 is 1.89 bits per heavy atom. The second-order valence-electron chi connectivity index (χ2n) is 4.89. The van der Waals surface area contributed by atoms with Crippen LogP contribution in [0.3, 0.4) is 0 Å². The average Bonchev–Trinajstić information content (AvgIpc) is 2.39. The fourth-order valence-electron chi connectivity index (χ4n) is 2.12. The molecule has 0 saturated carbocycles. The summed E-state index contributed by atoms with van der Waals surface area (Å²) in [7, 11) is 0. The fraction of sp³-hybridized carbons (Fsp3) is 0.375. The minimum absolute atomic E-state index is 0.806. The van der Waals surface area contributed by atoms with Crippen LogP contribution in [0.25, 0.3) is 11.3 Å². The van der Waals surface area contributed by atoms with E-state index < -0.39 is 0 Å². The Morgan fingerprint density at radius 1 is 1.11 bits per heavy atom. The van der Waals surface area contributed by atoms with Crippen LogP contribution >= 0.6 is 0 Å². The SMILES string of the molecule is CCCNc1nc(C)nc(-c2cccc(C)c2)c1C. The molecule has 0 aliphatic heterocycles. The van der Waals surface area contributed by atoms with E-state index in [4.69, 9.17) is 0 Å². The molecule has 100 valence electrons. The molecule has 0 bridgehead atoms. The van der Waals surface area contributed by atoms with Gasteiger partial charge in [-0.05, 0) is 33.3 Å². The van der Waals surface area contributed by atoms with E-state index in [0.29, 0.717) is 0 Å². The highest BCUT2D eigenvalue weighted by molar-refractivity contribution is 5.68. The van der Waals surface area contributed by atoms with Gasteiger partial charge in [0.2, 0.25) is 0 Å². The van der Waals surface area contributed by atoms with Crippen LogP contribution in [0.1, 0.15) is 30.3 Å². The van der Waals surface area contributed by atoms with E-state index >= 15 is 0 Å². The summed E-state index contributed by atoms with van der Waals surface area (Å²) in [6.45, 7) is 9.20. The van der Waals surface area contributed by atoms with Gasteiger partial charge in [-0.2, -0.15) is 0 Å². The summed E-state index contributed by atoms with van der Waals surface area (Å²) in [6.07, 6.45) is 1.09. The molecule has 0 radical (unpaired) electrons. The first-order chi connectivity index (χ1) is 9.11. The number of nitrogens with zero attached hydrogens (tertiary/aromatic N) is 2. The van der Waals surface area contributed by atoms with E-state index in [1.807, 2.05) is 6.92 Å². The van der Waals surface area contributed by atoms with Gasteiger partial charge >= 0.3 is 0 Å². The van der Waals surface area contributed by atoms with Gasteiger partial charge in [0.15, 0.2) is 0 Å². The lowest BCUT2D eigenvalue weighted by atomic mass is 10.0. The number of hydrogen-bond acceptors (Lipinski definition) is 3. The van der Waals surface area contributed by atoms with Crippen LogP contribution in [0, 0.1) is 20.8 Å². The predicted octanol–water partition coefficient (Wildman–Crippen LogP) is 3.89. The van der Waals surface area contributed by atoms with Gasteiger partial charge in [0.05, 0.1) is 5.69 Å². The molecule has 2 rings (SSSR count). The Labute approximate surface area is 115 Å². The molecule has 0 spiro atoms. The molecule has 3 heteroatoms. The molecule has 2 aromatic rings. The van der Waals surface area contributed by atoms with E-state index in [0.717, 1.165) is 41.4 Å². The smallest absolute Gasteiger partial charge is 0.133 e. The Bertz CT molecular complexity index is 576. The first kappa shape index (κ1) is 13.5. The topological polar surface area (TPSA) is 37.8 Å². The number of anilines is 1. The summed E-state index contributed by atoms with van der Waals surface area (Å²) in [5, 5.41) is 3.38. The summed E-state index contributed by atoms with van der Waals surface area (Å²) in [6, 6.07) is 8.44. The monoisotopic (exact) mass is 255 g/mol. The highest BCUT2D eigenvalue weighted by Crippen LogP contribution is 2.26. The maximum absolute atomic E-state index is 4.60. The zero-order chi connectivity index (χ0) is 13.8. The van der Waals surface area contributed by atoms with E-state index in [2.05, 4.69) is 60.3 Å². The summed E-state index contributed by atoms with van der Waals surface area (Å²) in [5.74, 6) is 1.76. The van der Waals surface area contributed by atoms with Crippen LogP contribution in [0.5, 0.6) is 0 Å². The quantitative estimate of drug-likeness (QED) is 0.900. The van der Waals surface area contributed by atoms with Gasteiger partial charge in [-0.15, -0.1) is 0 Å². The number of hydrogen-bond donors (Lipinski definition) is 1. The third kappa shape index (κ3) is 3.11. The third-order valence-electron chi connectivity index (χ3n) is 3.09. The van der Waals surface area contributed by atoms with Crippen LogP contribution in [0.4, 0.5) is 5.82 Å². The highest BCUT2D eigenvalue weighted by Gasteiger charge is 2.10. The highest BCUT2D eigenvalue weighted by atomic mass is 15.0. The van der Waals surface area contributed by atoms with Crippen molar-refractivity contribution in [3.8, 4) is 11.3 Å². The first-order valence-electron chi connectivity index (χ1n) is 6.78. The molecule has 0 aliphatic rings. The van der Waals surface area contributed by atoms with Crippen LogP contribution < -0.4 is 5.32 Å². The second-order valence-corrected chi connectivity index (χ2v) is 4.89. The van der Waals surface area contributed by atoms with Crippen molar-refractivity contribution in [3.63, 3.8) is 0 Å². The van der Waals surface area contributed by atoms with Crippen molar-refractivity contribution < 1.29 is 0 Å². The lowest BCUT2D eigenvalue weighted by molar-refractivity contribution is 0.948. The minimum atomic E-state index is 0.806. The molecule has 0 amide bonds. The molecule has 3 nitrogen and oxygen atoms in total. The van der Waals surface area contributed by atoms with Gasteiger partial charge in [0, 0.05) is 17.7 Å². The Balaban J connectivity index is 2.48. The predicted molar refractivity (Wildman–Crippen MR) is 80.5 cm³/mol. The summed E-state index contributed by atoms with van der Waals surface area (Å²) < 4.78 is 0. The molecule has 0 unspecified atom stereocenters. The fourth-order valence-corrected chi connectivity index (χ4v) is 2.12. The van der Waals surface area contributed by atoms with Crippen molar-refractivity contribution in [2.24, 2.45) is 0 Å². The molecule has 0 fully saturated rings. The molecule has 0 saturated heterocycles. The molecule has 1 N–H and O–H groups in total. The largest absolute Gasteiger partial charge is 0.370 e. The van der Waals surface area contributed by atoms with Gasteiger partial charge in [-0.3, -0.25) is 0 Å². The first-order valence-corrected chi connectivity index (χ1v) is 6.78. The average molecular weight is 255 g/mol. The summed E-state index contributed by atoms with van der Waals surface area (Å²) >= 11 is 0. The molecule has 19 heavy (non-hydrogen) atoms. The molecular weight excluding hydrogens is 234 g/mol. The molecular formula is C16H21N3. The zero-order valence-corrected chi connectivity index (χ0v) is 12.1. The van der Waals surface area contributed by atoms with Gasteiger partial charge in [0.25, 0.3) is 0 Å². The van der Waals surface area contributed by atoms with Crippen molar-refractivity contribution in [2.75, 3.05) is 11.9 Å². The number of benzene rings is 1. The molecule has 0 atom stereocenters. The molecule has 1 aromatic carbocycles. The van der Waals surface area contributed by atoms with Gasteiger partial charge in [0.1, 0.15) is 11.6 Å². The Morgan fingerprint density at radius 3 is 2.58 bits per heavy atom. The number of aromatic nitrogens is 2. The van der Waals surface area contributed by atoms with E-state index in [9.17, 15) is 0 Å². The zero-order valence-electron chi connectivity index (χ0n) is 12.1. The van der Waals surface area contributed by atoms with E-state index in [1.54, 1.807) is 0 Å². The van der Waals surface area contributed by atoms with Crippen molar-refractivity contribution in [3.05, 3.63) is 41.2 Å². The maximum Gasteiger partial charge on any atom is 0.133 e. The van der Waals surface area contributed by atoms with Crippen LogP contribution in [0.2, 0.25) is 0 Å². The van der Waals surface area contributed by atoms with Crippen molar-refractivity contribution in [1.82, 2.24) is 9.97 Å². The number of rotatable bonds is 4. The summed E-state index contributed by atoms with van der Waals surface area (Å²) in [4.78, 5) is 9.10. The van der Waals surface area contributed by atoms with Crippen LogP contribution in [-0.2, 0) is 0 Å². The van der Waals surface area contributed by atoms with E-state index in [1.165, 1.54) is 5.56 Å². The maximum atomic E-state index is 4.60. The van der Waals surface area contributed by atoms with Gasteiger partial charge < -0.3 is 5.32 Å². The molecule has 1 aromatic heterocycles. The van der Waals surface area contributed by atoms with Crippen molar-refractivity contribution >= 4 is 5.82 Å². The molecule has 0 aliphatic carbocycles. The Hall–Kier alpha value is -1.90.